The SMILES string of the molecule is CCC(C)CN(C)CC1(CO)CCCC1. The van der Waals surface area contributed by atoms with Gasteiger partial charge < -0.3 is 10.0 Å². The third-order valence-corrected chi connectivity index (χ3v) is 3.93. The Morgan fingerprint density at radius 3 is 2.40 bits per heavy atom. The fourth-order valence-electron chi connectivity index (χ4n) is 2.79. The van der Waals surface area contributed by atoms with Crippen molar-refractivity contribution in [3.63, 3.8) is 0 Å². The van der Waals surface area contributed by atoms with Crippen LogP contribution in [0.3, 0.4) is 0 Å². The molecule has 0 spiro atoms. The molecule has 0 aromatic rings. The van der Waals surface area contributed by atoms with E-state index in [0.717, 1.165) is 19.0 Å². The zero-order valence-corrected chi connectivity index (χ0v) is 10.6. The lowest BCUT2D eigenvalue weighted by Crippen LogP contribution is -2.38. The second kappa shape index (κ2) is 5.86. The quantitative estimate of drug-likeness (QED) is 0.733. The standard InChI is InChI=1S/C13H27NO/c1-4-12(2)9-14(3)10-13(11-15)7-5-6-8-13/h12,15H,4-11H2,1-3H3. The molecule has 1 aliphatic carbocycles. The zero-order chi connectivity index (χ0) is 11.3. The summed E-state index contributed by atoms with van der Waals surface area (Å²) in [5.41, 5.74) is 0.224. The zero-order valence-electron chi connectivity index (χ0n) is 10.6. The maximum Gasteiger partial charge on any atom is 0.0499 e. The van der Waals surface area contributed by atoms with E-state index < -0.39 is 0 Å². The molecule has 1 N–H and O–H groups in total. The summed E-state index contributed by atoms with van der Waals surface area (Å²) in [4.78, 5) is 2.41. The molecule has 0 radical (unpaired) electrons. The van der Waals surface area contributed by atoms with Crippen LogP contribution in [0.1, 0.15) is 46.0 Å². The Bertz CT molecular complexity index is 175. The molecule has 0 aromatic heterocycles. The van der Waals surface area contributed by atoms with E-state index in [1.54, 1.807) is 0 Å². The molecule has 1 unspecified atom stereocenters. The smallest absolute Gasteiger partial charge is 0.0499 e. The van der Waals surface area contributed by atoms with E-state index in [1.165, 1.54) is 32.1 Å². The summed E-state index contributed by atoms with van der Waals surface area (Å²) in [6.07, 6.45) is 6.29. The van der Waals surface area contributed by atoms with Crippen molar-refractivity contribution in [1.29, 1.82) is 0 Å². The van der Waals surface area contributed by atoms with E-state index in [2.05, 4.69) is 25.8 Å². The topological polar surface area (TPSA) is 23.5 Å². The van der Waals surface area contributed by atoms with Crippen LogP contribution >= 0.6 is 0 Å². The lowest BCUT2D eigenvalue weighted by molar-refractivity contribution is 0.0835. The molecule has 0 aliphatic heterocycles. The molecule has 1 atom stereocenters. The van der Waals surface area contributed by atoms with Gasteiger partial charge in [-0.3, -0.25) is 0 Å². The van der Waals surface area contributed by atoms with E-state index in [9.17, 15) is 5.11 Å². The van der Waals surface area contributed by atoms with Crippen molar-refractivity contribution < 1.29 is 5.11 Å². The second-order valence-electron chi connectivity index (χ2n) is 5.58. The first-order valence-corrected chi connectivity index (χ1v) is 6.41. The fraction of sp³-hybridized carbons (Fsp3) is 1.00. The van der Waals surface area contributed by atoms with Gasteiger partial charge in [-0.05, 0) is 25.8 Å². The largest absolute Gasteiger partial charge is 0.396 e. The Balaban J connectivity index is 2.37. The second-order valence-corrected chi connectivity index (χ2v) is 5.58. The van der Waals surface area contributed by atoms with Crippen LogP contribution in [0.15, 0.2) is 0 Å². The number of hydrogen-bond donors (Lipinski definition) is 1. The van der Waals surface area contributed by atoms with Gasteiger partial charge in [-0.25, -0.2) is 0 Å². The summed E-state index contributed by atoms with van der Waals surface area (Å²) >= 11 is 0. The van der Waals surface area contributed by atoms with Crippen molar-refractivity contribution in [2.45, 2.75) is 46.0 Å². The fourth-order valence-corrected chi connectivity index (χ4v) is 2.79. The summed E-state index contributed by atoms with van der Waals surface area (Å²) < 4.78 is 0. The molecule has 2 nitrogen and oxygen atoms in total. The van der Waals surface area contributed by atoms with Gasteiger partial charge in [0, 0.05) is 25.1 Å². The highest BCUT2D eigenvalue weighted by molar-refractivity contribution is 4.86. The van der Waals surface area contributed by atoms with Crippen LogP contribution in [-0.2, 0) is 0 Å². The maximum absolute atomic E-state index is 9.53. The van der Waals surface area contributed by atoms with Crippen LogP contribution in [0, 0.1) is 11.3 Å². The maximum atomic E-state index is 9.53. The highest BCUT2D eigenvalue weighted by Crippen LogP contribution is 2.38. The van der Waals surface area contributed by atoms with E-state index in [4.69, 9.17) is 0 Å². The molecule has 15 heavy (non-hydrogen) atoms. The van der Waals surface area contributed by atoms with Gasteiger partial charge >= 0.3 is 0 Å². The molecule has 1 aliphatic rings. The predicted octanol–water partition coefficient (Wildman–Crippen LogP) is 2.52. The van der Waals surface area contributed by atoms with Gasteiger partial charge in [0.05, 0.1) is 0 Å². The van der Waals surface area contributed by atoms with Gasteiger partial charge in [-0.1, -0.05) is 33.1 Å². The molecule has 1 saturated carbocycles. The van der Waals surface area contributed by atoms with Crippen LogP contribution < -0.4 is 0 Å². The predicted molar refractivity (Wildman–Crippen MR) is 64.9 cm³/mol. The van der Waals surface area contributed by atoms with Crippen molar-refractivity contribution in [1.82, 2.24) is 4.90 Å². The van der Waals surface area contributed by atoms with Crippen molar-refractivity contribution in [2.24, 2.45) is 11.3 Å². The van der Waals surface area contributed by atoms with Crippen LogP contribution in [0.2, 0.25) is 0 Å². The summed E-state index contributed by atoms with van der Waals surface area (Å²) in [5, 5.41) is 9.53. The Labute approximate surface area is 94.7 Å². The van der Waals surface area contributed by atoms with Crippen LogP contribution in [-0.4, -0.2) is 36.8 Å². The van der Waals surface area contributed by atoms with Crippen LogP contribution in [0.25, 0.3) is 0 Å². The molecule has 0 aromatic carbocycles. The lowest BCUT2D eigenvalue weighted by atomic mass is 9.86. The Kier molecular flexibility index (Phi) is 5.07. The number of nitrogens with zero attached hydrogens (tertiary/aromatic N) is 1. The molecule has 0 amide bonds. The first kappa shape index (κ1) is 13.0. The summed E-state index contributed by atoms with van der Waals surface area (Å²) in [5.74, 6) is 0.771. The minimum atomic E-state index is 0.224. The number of aliphatic hydroxyl groups excluding tert-OH is 1. The van der Waals surface area contributed by atoms with Gasteiger partial charge in [-0.15, -0.1) is 0 Å². The van der Waals surface area contributed by atoms with Gasteiger partial charge in [-0.2, -0.15) is 0 Å². The summed E-state index contributed by atoms with van der Waals surface area (Å²) in [7, 11) is 2.20. The van der Waals surface area contributed by atoms with Crippen molar-refractivity contribution in [3.05, 3.63) is 0 Å². The summed E-state index contributed by atoms with van der Waals surface area (Å²) in [6, 6.07) is 0. The molecule has 1 fully saturated rings. The molecule has 2 heteroatoms. The van der Waals surface area contributed by atoms with E-state index in [1.807, 2.05) is 0 Å². The minimum Gasteiger partial charge on any atom is -0.396 e. The van der Waals surface area contributed by atoms with Crippen LogP contribution in [0.4, 0.5) is 0 Å². The third-order valence-electron chi connectivity index (χ3n) is 3.93. The molecule has 0 saturated heterocycles. The lowest BCUT2D eigenvalue weighted by Gasteiger charge is -2.33. The first-order valence-electron chi connectivity index (χ1n) is 6.41. The molecular weight excluding hydrogens is 186 g/mol. The van der Waals surface area contributed by atoms with Gasteiger partial charge in [0.15, 0.2) is 0 Å². The molecule has 0 bridgehead atoms. The number of aliphatic hydroxyl groups is 1. The Morgan fingerprint density at radius 1 is 1.33 bits per heavy atom. The highest BCUT2D eigenvalue weighted by Gasteiger charge is 2.34. The third kappa shape index (κ3) is 3.76. The summed E-state index contributed by atoms with van der Waals surface area (Å²) in [6.45, 7) is 7.16. The molecule has 1 rings (SSSR count). The van der Waals surface area contributed by atoms with Gasteiger partial charge in [0.1, 0.15) is 0 Å². The number of hydrogen-bond acceptors (Lipinski definition) is 2. The Morgan fingerprint density at radius 2 is 1.93 bits per heavy atom. The Hall–Kier alpha value is -0.0800. The normalized spacial score (nSPS) is 22.2. The first-order chi connectivity index (χ1) is 7.12. The van der Waals surface area contributed by atoms with E-state index >= 15 is 0 Å². The highest BCUT2D eigenvalue weighted by atomic mass is 16.3. The number of rotatable bonds is 6. The van der Waals surface area contributed by atoms with E-state index in [0.29, 0.717) is 6.61 Å². The molecule has 90 valence electrons. The van der Waals surface area contributed by atoms with E-state index in [-0.39, 0.29) is 5.41 Å². The van der Waals surface area contributed by atoms with Gasteiger partial charge in [0.25, 0.3) is 0 Å². The molecule has 0 heterocycles. The average molecular weight is 213 g/mol. The minimum absolute atomic E-state index is 0.224. The molecular formula is C13H27NO. The van der Waals surface area contributed by atoms with Crippen molar-refractivity contribution in [3.8, 4) is 0 Å². The van der Waals surface area contributed by atoms with Crippen molar-refractivity contribution in [2.75, 3.05) is 26.7 Å². The van der Waals surface area contributed by atoms with Crippen LogP contribution in [0.5, 0.6) is 0 Å². The van der Waals surface area contributed by atoms with Crippen molar-refractivity contribution >= 4 is 0 Å². The monoisotopic (exact) mass is 213 g/mol. The average Bonchev–Trinajstić information content (AvgIpc) is 2.66. The van der Waals surface area contributed by atoms with Gasteiger partial charge in [0.2, 0.25) is 0 Å².